The molecule has 2 aromatic carbocycles. The van der Waals surface area contributed by atoms with Crippen molar-refractivity contribution in [3.05, 3.63) is 62.5 Å². The van der Waals surface area contributed by atoms with Gasteiger partial charge in [-0.15, -0.1) is 0 Å². The summed E-state index contributed by atoms with van der Waals surface area (Å²) < 4.78 is 7.22. The van der Waals surface area contributed by atoms with E-state index in [-0.39, 0.29) is 6.61 Å². The van der Waals surface area contributed by atoms with Gasteiger partial charge in [0.05, 0.1) is 5.69 Å². The van der Waals surface area contributed by atoms with E-state index in [9.17, 15) is 4.79 Å². The fraction of sp³-hybridized carbons (Fsp3) is 0.409. The highest BCUT2D eigenvalue weighted by Gasteiger charge is 2.20. The third-order valence-corrected chi connectivity index (χ3v) is 6.28. The lowest BCUT2D eigenvalue weighted by molar-refractivity contribution is 0.155. The zero-order valence-electron chi connectivity index (χ0n) is 16.1. The SMILES string of the molecule is CN(Cc1cc(Br)cc(Br)c1NC(=O)OCc1ccccc1)C1CCCCC1. The first-order valence-corrected chi connectivity index (χ1v) is 11.3. The number of hydrogen-bond acceptors (Lipinski definition) is 3. The molecule has 0 unspecified atom stereocenters. The largest absolute Gasteiger partial charge is 0.444 e. The topological polar surface area (TPSA) is 41.6 Å². The van der Waals surface area contributed by atoms with Crippen LogP contribution < -0.4 is 5.32 Å². The minimum absolute atomic E-state index is 0.248. The maximum atomic E-state index is 12.4. The molecule has 28 heavy (non-hydrogen) atoms. The molecule has 0 radical (unpaired) electrons. The smallest absolute Gasteiger partial charge is 0.411 e. The number of carbonyl (C=O) groups excluding carboxylic acids is 1. The summed E-state index contributed by atoms with van der Waals surface area (Å²) in [6.45, 7) is 1.02. The number of anilines is 1. The summed E-state index contributed by atoms with van der Waals surface area (Å²) in [6, 6.07) is 14.3. The molecule has 0 aliphatic heterocycles. The van der Waals surface area contributed by atoms with Crippen LogP contribution in [0.25, 0.3) is 0 Å². The third kappa shape index (κ3) is 6.06. The van der Waals surface area contributed by atoms with Crippen LogP contribution in [0.2, 0.25) is 0 Å². The Labute approximate surface area is 183 Å². The molecule has 0 heterocycles. The van der Waals surface area contributed by atoms with Crippen molar-refractivity contribution >= 4 is 43.6 Å². The molecule has 3 rings (SSSR count). The number of ether oxygens (including phenoxy) is 1. The van der Waals surface area contributed by atoms with Crippen molar-refractivity contribution in [3.63, 3.8) is 0 Å². The molecule has 2 aromatic rings. The zero-order chi connectivity index (χ0) is 19.9. The van der Waals surface area contributed by atoms with Gasteiger partial charge in [0.2, 0.25) is 0 Å². The third-order valence-electron chi connectivity index (χ3n) is 5.19. The normalized spacial score (nSPS) is 14.9. The summed E-state index contributed by atoms with van der Waals surface area (Å²) in [4.78, 5) is 14.8. The Morgan fingerprint density at radius 1 is 1.14 bits per heavy atom. The summed E-state index contributed by atoms with van der Waals surface area (Å²) in [5.74, 6) is 0. The van der Waals surface area contributed by atoms with Crippen molar-refractivity contribution in [2.24, 2.45) is 0 Å². The molecule has 6 heteroatoms. The zero-order valence-corrected chi connectivity index (χ0v) is 19.3. The average Bonchev–Trinajstić information content (AvgIpc) is 2.70. The quantitative estimate of drug-likeness (QED) is 0.469. The van der Waals surface area contributed by atoms with Crippen LogP contribution in [-0.4, -0.2) is 24.1 Å². The lowest BCUT2D eigenvalue weighted by Gasteiger charge is -2.31. The molecule has 0 spiro atoms. The minimum Gasteiger partial charge on any atom is -0.444 e. The summed E-state index contributed by atoms with van der Waals surface area (Å²) in [5, 5.41) is 2.93. The van der Waals surface area contributed by atoms with E-state index < -0.39 is 6.09 Å². The molecule has 0 bridgehead atoms. The molecule has 1 saturated carbocycles. The van der Waals surface area contributed by atoms with E-state index in [4.69, 9.17) is 4.74 Å². The number of nitrogens with zero attached hydrogens (tertiary/aromatic N) is 1. The first-order chi connectivity index (χ1) is 13.5. The fourth-order valence-electron chi connectivity index (χ4n) is 3.67. The molecule has 1 fully saturated rings. The van der Waals surface area contributed by atoms with Crippen molar-refractivity contribution in [3.8, 4) is 0 Å². The molecular weight excluding hydrogens is 484 g/mol. The summed E-state index contributed by atoms with van der Waals surface area (Å²) in [7, 11) is 2.17. The molecule has 1 aliphatic carbocycles. The molecule has 1 amide bonds. The maximum absolute atomic E-state index is 12.4. The van der Waals surface area contributed by atoms with Crippen LogP contribution in [0.1, 0.15) is 43.2 Å². The maximum Gasteiger partial charge on any atom is 0.411 e. The first kappa shape index (κ1) is 21.3. The van der Waals surface area contributed by atoms with Gasteiger partial charge >= 0.3 is 6.09 Å². The predicted molar refractivity (Wildman–Crippen MR) is 120 cm³/mol. The van der Waals surface area contributed by atoms with E-state index in [0.29, 0.717) is 6.04 Å². The van der Waals surface area contributed by atoms with Gasteiger partial charge in [0.1, 0.15) is 6.61 Å². The van der Waals surface area contributed by atoms with Gasteiger partial charge in [-0.2, -0.15) is 0 Å². The van der Waals surface area contributed by atoms with Crippen LogP contribution in [0.15, 0.2) is 51.4 Å². The number of hydrogen-bond donors (Lipinski definition) is 1. The highest BCUT2D eigenvalue weighted by molar-refractivity contribution is 9.11. The number of amides is 1. The Balaban J connectivity index is 1.68. The summed E-state index contributed by atoms with van der Waals surface area (Å²) in [6.07, 6.45) is 5.98. The monoisotopic (exact) mass is 508 g/mol. The second kappa shape index (κ2) is 10.4. The van der Waals surface area contributed by atoms with Crippen molar-refractivity contribution < 1.29 is 9.53 Å². The molecule has 0 aromatic heterocycles. The van der Waals surface area contributed by atoms with Gasteiger partial charge in [-0.3, -0.25) is 10.2 Å². The van der Waals surface area contributed by atoms with Gasteiger partial charge in [-0.1, -0.05) is 65.5 Å². The number of carbonyl (C=O) groups is 1. The van der Waals surface area contributed by atoms with E-state index in [1.165, 1.54) is 32.1 Å². The highest BCUT2D eigenvalue weighted by atomic mass is 79.9. The Hall–Kier alpha value is -1.37. The fourth-order valence-corrected chi connectivity index (χ4v) is 5.09. The van der Waals surface area contributed by atoms with Gasteiger partial charge in [0.25, 0.3) is 0 Å². The van der Waals surface area contributed by atoms with Crippen LogP contribution in [-0.2, 0) is 17.9 Å². The minimum atomic E-state index is -0.451. The second-order valence-electron chi connectivity index (χ2n) is 7.32. The molecule has 4 nitrogen and oxygen atoms in total. The predicted octanol–water partition coefficient (Wildman–Crippen LogP) is 6.72. The Morgan fingerprint density at radius 2 is 1.86 bits per heavy atom. The highest BCUT2D eigenvalue weighted by Crippen LogP contribution is 2.33. The summed E-state index contributed by atoms with van der Waals surface area (Å²) >= 11 is 7.16. The molecule has 150 valence electrons. The Morgan fingerprint density at radius 3 is 2.57 bits per heavy atom. The Kier molecular flexibility index (Phi) is 7.94. The van der Waals surface area contributed by atoms with Gasteiger partial charge in [0.15, 0.2) is 0 Å². The van der Waals surface area contributed by atoms with E-state index in [1.807, 2.05) is 36.4 Å². The van der Waals surface area contributed by atoms with Crippen molar-refractivity contribution in [2.45, 2.75) is 51.3 Å². The first-order valence-electron chi connectivity index (χ1n) is 9.69. The molecule has 0 saturated heterocycles. The van der Waals surface area contributed by atoms with Gasteiger partial charge in [-0.05, 0) is 59.1 Å². The molecular formula is C22H26Br2N2O2. The standard InChI is InChI=1S/C22H26Br2N2O2/c1-26(19-10-6-3-7-11-19)14-17-12-18(23)13-20(24)21(17)25-22(27)28-15-16-8-4-2-5-9-16/h2,4-5,8-9,12-13,19H,3,6-7,10-11,14-15H2,1H3,(H,25,27). The van der Waals surface area contributed by atoms with Crippen LogP contribution in [0.3, 0.4) is 0 Å². The van der Waals surface area contributed by atoms with E-state index in [2.05, 4.69) is 55.2 Å². The van der Waals surface area contributed by atoms with E-state index >= 15 is 0 Å². The number of benzene rings is 2. The average molecular weight is 510 g/mol. The van der Waals surface area contributed by atoms with Crippen molar-refractivity contribution in [2.75, 3.05) is 12.4 Å². The number of nitrogens with one attached hydrogen (secondary N) is 1. The molecule has 1 aliphatic rings. The second-order valence-corrected chi connectivity index (χ2v) is 9.09. The summed E-state index contributed by atoms with van der Waals surface area (Å²) in [5.41, 5.74) is 2.79. The van der Waals surface area contributed by atoms with Crippen LogP contribution in [0, 0.1) is 0 Å². The van der Waals surface area contributed by atoms with Crippen LogP contribution in [0.4, 0.5) is 10.5 Å². The van der Waals surface area contributed by atoms with Crippen molar-refractivity contribution in [1.29, 1.82) is 0 Å². The lowest BCUT2D eigenvalue weighted by Crippen LogP contribution is -2.33. The van der Waals surface area contributed by atoms with Crippen LogP contribution >= 0.6 is 31.9 Å². The number of halogens is 2. The molecule has 0 atom stereocenters. The van der Waals surface area contributed by atoms with Gasteiger partial charge in [0, 0.05) is 21.5 Å². The van der Waals surface area contributed by atoms with E-state index in [0.717, 1.165) is 32.3 Å². The Bertz CT molecular complexity index is 793. The van der Waals surface area contributed by atoms with Crippen molar-refractivity contribution in [1.82, 2.24) is 4.90 Å². The lowest BCUT2D eigenvalue weighted by atomic mass is 9.94. The van der Waals surface area contributed by atoms with Gasteiger partial charge in [-0.25, -0.2) is 4.79 Å². The number of rotatable bonds is 6. The van der Waals surface area contributed by atoms with Gasteiger partial charge < -0.3 is 4.74 Å². The van der Waals surface area contributed by atoms with Crippen LogP contribution in [0.5, 0.6) is 0 Å². The molecule has 1 N–H and O–H groups in total. The van der Waals surface area contributed by atoms with E-state index in [1.54, 1.807) is 0 Å².